The van der Waals surface area contributed by atoms with Gasteiger partial charge in [0.2, 0.25) is 0 Å². The van der Waals surface area contributed by atoms with Gasteiger partial charge in [-0.05, 0) is 42.2 Å². The molecule has 0 bridgehead atoms. The lowest BCUT2D eigenvalue weighted by atomic mass is 10.1. The maximum absolute atomic E-state index is 6.49. The molecule has 4 nitrogen and oxygen atoms in total. The third-order valence-electron chi connectivity index (χ3n) is 5.75. The van der Waals surface area contributed by atoms with Gasteiger partial charge in [-0.2, -0.15) is 0 Å². The highest BCUT2D eigenvalue weighted by Crippen LogP contribution is 2.37. The second-order valence-electron chi connectivity index (χ2n) is 7.72. The highest BCUT2D eigenvalue weighted by atomic mass is 35.5. The number of nitrogens with zero attached hydrogens (tertiary/aromatic N) is 2. The van der Waals surface area contributed by atoms with E-state index in [1.54, 1.807) is 6.07 Å². The van der Waals surface area contributed by atoms with Gasteiger partial charge in [0.1, 0.15) is 12.4 Å². The lowest BCUT2D eigenvalue weighted by Crippen LogP contribution is -2.26. The fraction of sp³-hybridized carbons (Fsp3) is 0.308. The van der Waals surface area contributed by atoms with Crippen LogP contribution >= 0.6 is 23.2 Å². The second-order valence-corrected chi connectivity index (χ2v) is 8.57. The first-order valence-corrected chi connectivity index (χ1v) is 11.6. The van der Waals surface area contributed by atoms with Gasteiger partial charge in [-0.15, -0.1) is 6.42 Å². The van der Waals surface area contributed by atoms with Crippen molar-refractivity contribution in [2.75, 3.05) is 11.9 Å². The molecule has 0 amide bonds. The summed E-state index contributed by atoms with van der Waals surface area (Å²) < 4.78 is 5.99. The van der Waals surface area contributed by atoms with Crippen molar-refractivity contribution in [2.24, 2.45) is 0 Å². The van der Waals surface area contributed by atoms with Gasteiger partial charge in [0.25, 0.3) is 0 Å². The van der Waals surface area contributed by atoms with Crippen LogP contribution in [-0.4, -0.2) is 22.7 Å². The molecule has 0 radical (unpaired) electrons. The highest BCUT2D eigenvalue weighted by Gasteiger charge is 2.34. The number of rotatable bonds is 7. The molecule has 0 unspecified atom stereocenters. The molecule has 1 aliphatic carbocycles. The Bertz CT molecular complexity index is 1170. The molecule has 32 heavy (non-hydrogen) atoms. The van der Waals surface area contributed by atoms with Crippen molar-refractivity contribution in [3.63, 3.8) is 0 Å². The normalized spacial score (nSPS) is 17.1. The van der Waals surface area contributed by atoms with Crippen LogP contribution in [-0.2, 0) is 24.0 Å². The average Bonchev–Trinajstić information content (AvgIpc) is 3.15. The minimum atomic E-state index is -0.0644. The Labute approximate surface area is 199 Å². The quantitative estimate of drug-likeness (QED) is 0.415. The number of terminal acetylenes is 1. The van der Waals surface area contributed by atoms with Crippen molar-refractivity contribution in [2.45, 2.75) is 45.3 Å². The number of benzene rings is 2. The number of aryl methyl sites for hydroxylation is 2. The van der Waals surface area contributed by atoms with Crippen LogP contribution in [0, 0.1) is 12.3 Å². The average molecular weight is 466 g/mol. The number of hydrogen-bond acceptors (Lipinski definition) is 4. The van der Waals surface area contributed by atoms with E-state index in [9.17, 15) is 0 Å². The molecule has 3 aromatic rings. The van der Waals surface area contributed by atoms with Crippen LogP contribution < -0.4 is 5.32 Å². The monoisotopic (exact) mass is 465 g/mol. The van der Waals surface area contributed by atoms with E-state index < -0.39 is 0 Å². The summed E-state index contributed by atoms with van der Waals surface area (Å²) in [7, 11) is 0. The SMILES string of the molecule is C#CCO[C@H]1Cc2ccccc2[C@H]1Nc1nc(CC)c(-c2ccc(Cl)cc2Cl)nc1CC. The van der Waals surface area contributed by atoms with Crippen LogP contribution in [0.1, 0.15) is 42.4 Å². The van der Waals surface area contributed by atoms with Gasteiger partial charge in [-0.1, -0.05) is 67.2 Å². The Balaban J connectivity index is 1.74. The summed E-state index contributed by atoms with van der Waals surface area (Å²) in [4.78, 5) is 9.97. The summed E-state index contributed by atoms with van der Waals surface area (Å²) in [5, 5.41) is 4.79. The largest absolute Gasteiger partial charge is 0.363 e. The van der Waals surface area contributed by atoms with Crippen molar-refractivity contribution in [3.05, 3.63) is 75.0 Å². The number of ether oxygens (including phenoxy) is 1. The summed E-state index contributed by atoms with van der Waals surface area (Å²) in [5.74, 6) is 3.35. The molecule has 0 aliphatic heterocycles. The third kappa shape index (κ3) is 4.47. The molecule has 2 aromatic carbocycles. The zero-order chi connectivity index (χ0) is 22.7. The number of anilines is 1. The van der Waals surface area contributed by atoms with Gasteiger partial charge in [0, 0.05) is 17.0 Å². The fourth-order valence-corrected chi connectivity index (χ4v) is 4.70. The molecule has 2 atom stereocenters. The van der Waals surface area contributed by atoms with Gasteiger partial charge in [0.05, 0.1) is 34.3 Å². The zero-order valence-corrected chi connectivity index (χ0v) is 19.7. The van der Waals surface area contributed by atoms with Crippen LogP contribution in [0.3, 0.4) is 0 Å². The standard InChI is InChI=1S/C26H25Cl2N3O/c1-4-13-32-23-14-16-9-7-8-10-18(16)25(23)31-26-22(6-3)29-24(21(5-2)30-26)19-12-11-17(27)15-20(19)28/h1,7-12,15,23,25H,5-6,13-14H2,2-3H3,(H,30,31)/t23-,25+/m0/s1. The van der Waals surface area contributed by atoms with Crippen LogP contribution in [0.15, 0.2) is 42.5 Å². The summed E-state index contributed by atoms with van der Waals surface area (Å²) in [6.45, 7) is 4.41. The summed E-state index contributed by atoms with van der Waals surface area (Å²) in [6, 6.07) is 13.8. The zero-order valence-electron chi connectivity index (χ0n) is 18.2. The Kier molecular flexibility index (Phi) is 7.01. The predicted molar refractivity (Wildman–Crippen MR) is 131 cm³/mol. The van der Waals surface area contributed by atoms with E-state index in [0.29, 0.717) is 10.0 Å². The number of hydrogen-bond donors (Lipinski definition) is 1. The van der Waals surface area contributed by atoms with E-state index in [4.69, 9.17) is 44.3 Å². The van der Waals surface area contributed by atoms with Crippen molar-refractivity contribution in [3.8, 4) is 23.6 Å². The lowest BCUT2D eigenvalue weighted by molar-refractivity contribution is 0.0719. The first-order chi connectivity index (χ1) is 15.5. The summed E-state index contributed by atoms with van der Waals surface area (Å²) >= 11 is 12.6. The molecule has 1 aromatic heterocycles. The third-order valence-corrected chi connectivity index (χ3v) is 6.30. The number of fused-ring (bicyclic) bond motifs is 1. The molecule has 0 spiro atoms. The van der Waals surface area contributed by atoms with Crippen molar-refractivity contribution in [1.29, 1.82) is 0 Å². The van der Waals surface area contributed by atoms with Crippen molar-refractivity contribution in [1.82, 2.24) is 9.97 Å². The van der Waals surface area contributed by atoms with Crippen LogP contribution in [0.25, 0.3) is 11.3 Å². The Morgan fingerprint density at radius 2 is 1.88 bits per heavy atom. The first-order valence-electron chi connectivity index (χ1n) is 10.8. The van der Waals surface area contributed by atoms with E-state index in [-0.39, 0.29) is 18.8 Å². The van der Waals surface area contributed by atoms with Gasteiger partial charge in [0.15, 0.2) is 0 Å². The van der Waals surface area contributed by atoms with E-state index >= 15 is 0 Å². The highest BCUT2D eigenvalue weighted by molar-refractivity contribution is 6.36. The van der Waals surface area contributed by atoms with Gasteiger partial charge in [-0.3, -0.25) is 0 Å². The van der Waals surface area contributed by atoms with E-state index in [2.05, 4.69) is 43.3 Å². The van der Waals surface area contributed by atoms with Crippen molar-refractivity contribution >= 4 is 29.0 Å². The Morgan fingerprint density at radius 3 is 2.59 bits per heavy atom. The minimum Gasteiger partial charge on any atom is -0.363 e. The maximum atomic E-state index is 6.49. The molecule has 6 heteroatoms. The molecular formula is C26H25Cl2N3O. The Hall–Kier alpha value is -2.58. The molecule has 4 rings (SSSR count). The predicted octanol–water partition coefficient (Wildman–Crippen LogP) is 6.30. The molecule has 164 valence electrons. The number of halogens is 2. The number of aromatic nitrogens is 2. The molecule has 0 saturated carbocycles. The smallest absolute Gasteiger partial charge is 0.148 e. The molecular weight excluding hydrogens is 441 g/mol. The second kappa shape index (κ2) is 9.92. The van der Waals surface area contributed by atoms with Crippen molar-refractivity contribution < 1.29 is 4.74 Å². The fourth-order valence-electron chi connectivity index (χ4n) is 4.20. The molecule has 0 fully saturated rings. The van der Waals surface area contributed by atoms with Gasteiger partial charge in [-0.25, -0.2) is 9.97 Å². The molecule has 1 heterocycles. The Morgan fingerprint density at radius 1 is 1.09 bits per heavy atom. The topological polar surface area (TPSA) is 47.0 Å². The summed E-state index contributed by atoms with van der Waals surface area (Å²) in [6.07, 6.45) is 7.64. The van der Waals surface area contributed by atoms with Crippen LogP contribution in [0.5, 0.6) is 0 Å². The first kappa shape index (κ1) is 22.6. The minimum absolute atomic E-state index is 0.0474. The molecule has 1 N–H and O–H groups in total. The lowest BCUT2D eigenvalue weighted by Gasteiger charge is -2.24. The maximum Gasteiger partial charge on any atom is 0.148 e. The van der Waals surface area contributed by atoms with E-state index in [1.807, 2.05) is 18.2 Å². The number of nitrogens with one attached hydrogen (secondary N) is 1. The molecule has 1 aliphatic rings. The molecule has 0 saturated heterocycles. The van der Waals surface area contributed by atoms with E-state index in [1.165, 1.54) is 11.1 Å². The van der Waals surface area contributed by atoms with Crippen LogP contribution in [0.2, 0.25) is 10.0 Å². The van der Waals surface area contributed by atoms with Gasteiger partial charge < -0.3 is 10.1 Å². The van der Waals surface area contributed by atoms with Crippen LogP contribution in [0.4, 0.5) is 5.82 Å². The van der Waals surface area contributed by atoms with E-state index in [0.717, 1.165) is 47.7 Å². The van der Waals surface area contributed by atoms with Gasteiger partial charge >= 0.3 is 0 Å². The summed E-state index contributed by atoms with van der Waals surface area (Å²) in [5.41, 5.74) is 5.86.